The van der Waals surface area contributed by atoms with Crippen molar-refractivity contribution in [1.82, 2.24) is 10.6 Å². The summed E-state index contributed by atoms with van der Waals surface area (Å²) in [6.45, 7) is 3.44. The van der Waals surface area contributed by atoms with Crippen molar-refractivity contribution in [2.45, 2.75) is 26.3 Å². The van der Waals surface area contributed by atoms with Crippen molar-refractivity contribution in [1.29, 1.82) is 0 Å². The van der Waals surface area contributed by atoms with Crippen molar-refractivity contribution in [3.05, 3.63) is 52.2 Å². The molecule has 2 aromatic rings. The monoisotopic (exact) mass is 429 g/mol. The maximum atomic E-state index is 12.8. The summed E-state index contributed by atoms with van der Waals surface area (Å²) in [6.07, 6.45) is -0.0206. The van der Waals surface area contributed by atoms with Crippen LogP contribution in [0.3, 0.4) is 0 Å². The Morgan fingerprint density at radius 2 is 1.93 bits per heavy atom. The lowest BCUT2D eigenvalue weighted by Crippen LogP contribution is -2.41. The maximum absolute atomic E-state index is 12.8. The van der Waals surface area contributed by atoms with Gasteiger partial charge in [-0.15, -0.1) is 11.3 Å². The Bertz CT molecular complexity index is 927. The van der Waals surface area contributed by atoms with Crippen LogP contribution in [0.4, 0.5) is 10.5 Å². The smallest absolute Gasteiger partial charge is 0.321 e. The summed E-state index contributed by atoms with van der Waals surface area (Å²) in [5.74, 6) is -2.33. The van der Waals surface area contributed by atoms with Crippen LogP contribution in [0.2, 0.25) is 0 Å². The summed E-state index contributed by atoms with van der Waals surface area (Å²) in [5.41, 5.74) is 1.76. The number of esters is 1. The van der Waals surface area contributed by atoms with Crippen LogP contribution in [-0.2, 0) is 19.1 Å². The standard InChI is InChI=1S/C21H23N3O5S/c1-3-22-21(28)23-17(25)12-29-20(27)15-11-18(26)24(14-8-6-13(2)7-9-14)19(15)16-5-4-10-30-16/h4-10,15,19H,3,11-12H2,1-2H3,(H2,22,23,25,28). The van der Waals surface area contributed by atoms with E-state index in [0.29, 0.717) is 12.2 Å². The average Bonchev–Trinajstić information content (AvgIpc) is 3.34. The van der Waals surface area contributed by atoms with Crippen LogP contribution in [0.5, 0.6) is 0 Å². The highest BCUT2D eigenvalue weighted by atomic mass is 32.1. The normalized spacial score (nSPS) is 18.2. The van der Waals surface area contributed by atoms with Crippen LogP contribution in [0.15, 0.2) is 41.8 Å². The number of benzene rings is 1. The Hall–Kier alpha value is -3.20. The number of urea groups is 1. The van der Waals surface area contributed by atoms with Gasteiger partial charge in [0, 0.05) is 23.5 Å². The number of ether oxygens (including phenoxy) is 1. The number of nitrogens with zero attached hydrogens (tertiary/aromatic N) is 1. The van der Waals surface area contributed by atoms with Gasteiger partial charge in [0.05, 0.1) is 12.0 Å². The molecule has 3 rings (SSSR count). The van der Waals surface area contributed by atoms with E-state index in [2.05, 4.69) is 10.6 Å². The van der Waals surface area contributed by atoms with E-state index in [1.54, 1.807) is 11.8 Å². The van der Waals surface area contributed by atoms with Crippen LogP contribution >= 0.6 is 11.3 Å². The molecule has 30 heavy (non-hydrogen) atoms. The van der Waals surface area contributed by atoms with Crippen molar-refractivity contribution in [3.8, 4) is 0 Å². The summed E-state index contributed by atoms with van der Waals surface area (Å²) in [6, 6.07) is 10.1. The fraction of sp³-hybridized carbons (Fsp3) is 0.333. The van der Waals surface area contributed by atoms with E-state index in [-0.39, 0.29) is 12.3 Å². The molecule has 2 atom stereocenters. The molecule has 0 saturated carbocycles. The lowest BCUT2D eigenvalue weighted by atomic mass is 9.99. The third-order valence-corrected chi connectivity index (χ3v) is 5.65. The van der Waals surface area contributed by atoms with Crippen LogP contribution in [0.1, 0.15) is 29.8 Å². The van der Waals surface area contributed by atoms with E-state index in [1.807, 2.05) is 48.7 Å². The van der Waals surface area contributed by atoms with Crippen molar-refractivity contribution in [2.75, 3.05) is 18.1 Å². The third-order valence-electron chi connectivity index (χ3n) is 4.71. The Kier molecular flexibility index (Phi) is 6.83. The molecule has 0 radical (unpaired) electrons. The molecular weight excluding hydrogens is 406 g/mol. The Balaban J connectivity index is 1.75. The number of hydrogen-bond donors (Lipinski definition) is 2. The van der Waals surface area contributed by atoms with Crippen molar-refractivity contribution >= 4 is 40.8 Å². The minimum Gasteiger partial charge on any atom is -0.455 e. The molecule has 2 heterocycles. The zero-order valence-electron chi connectivity index (χ0n) is 16.7. The second-order valence-corrected chi connectivity index (χ2v) is 7.86. The molecular formula is C21H23N3O5S. The first-order valence-electron chi connectivity index (χ1n) is 9.57. The van der Waals surface area contributed by atoms with Gasteiger partial charge in [-0.05, 0) is 37.4 Å². The number of aryl methyl sites for hydroxylation is 1. The zero-order chi connectivity index (χ0) is 21.7. The van der Waals surface area contributed by atoms with E-state index in [0.717, 1.165) is 10.4 Å². The largest absolute Gasteiger partial charge is 0.455 e. The van der Waals surface area contributed by atoms with Gasteiger partial charge in [0.1, 0.15) is 0 Å². The molecule has 2 unspecified atom stereocenters. The maximum Gasteiger partial charge on any atom is 0.321 e. The first kappa shape index (κ1) is 21.5. The quantitative estimate of drug-likeness (QED) is 0.687. The Labute approximate surface area is 178 Å². The molecule has 1 aromatic carbocycles. The second kappa shape index (κ2) is 9.53. The average molecular weight is 429 g/mol. The highest BCUT2D eigenvalue weighted by Gasteiger charge is 2.46. The van der Waals surface area contributed by atoms with Gasteiger partial charge in [0.2, 0.25) is 5.91 Å². The molecule has 1 aromatic heterocycles. The Morgan fingerprint density at radius 1 is 1.20 bits per heavy atom. The molecule has 0 bridgehead atoms. The highest BCUT2D eigenvalue weighted by molar-refractivity contribution is 7.10. The predicted molar refractivity (Wildman–Crippen MR) is 112 cm³/mol. The lowest BCUT2D eigenvalue weighted by molar-refractivity contribution is -0.152. The van der Waals surface area contributed by atoms with E-state index >= 15 is 0 Å². The number of carbonyl (C=O) groups excluding carboxylic acids is 4. The fourth-order valence-electron chi connectivity index (χ4n) is 3.35. The number of anilines is 1. The minimum absolute atomic E-state index is 0.0206. The summed E-state index contributed by atoms with van der Waals surface area (Å²) in [5, 5.41) is 6.37. The SMILES string of the molecule is CCNC(=O)NC(=O)COC(=O)C1CC(=O)N(c2ccc(C)cc2)C1c1cccs1. The highest BCUT2D eigenvalue weighted by Crippen LogP contribution is 2.43. The van der Waals surface area contributed by atoms with E-state index < -0.39 is 36.5 Å². The third kappa shape index (κ3) is 4.85. The second-order valence-electron chi connectivity index (χ2n) is 6.89. The molecule has 1 fully saturated rings. The lowest BCUT2D eigenvalue weighted by Gasteiger charge is -2.27. The van der Waals surface area contributed by atoms with Crippen molar-refractivity contribution < 1.29 is 23.9 Å². The van der Waals surface area contributed by atoms with Gasteiger partial charge in [0.15, 0.2) is 6.61 Å². The molecule has 1 saturated heterocycles. The number of hydrogen-bond acceptors (Lipinski definition) is 6. The van der Waals surface area contributed by atoms with Gasteiger partial charge >= 0.3 is 12.0 Å². The summed E-state index contributed by atoms with van der Waals surface area (Å²) < 4.78 is 5.14. The first-order chi connectivity index (χ1) is 14.4. The van der Waals surface area contributed by atoms with E-state index in [1.165, 1.54) is 11.3 Å². The van der Waals surface area contributed by atoms with Gasteiger partial charge in [0.25, 0.3) is 5.91 Å². The molecule has 9 heteroatoms. The van der Waals surface area contributed by atoms with Crippen LogP contribution in [-0.4, -0.2) is 37.0 Å². The molecule has 2 N–H and O–H groups in total. The van der Waals surface area contributed by atoms with Gasteiger partial charge in [-0.1, -0.05) is 23.8 Å². The van der Waals surface area contributed by atoms with Crippen LogP contribution in [0, 0.1) is 12.8 Å². The number of thiophene rings is 1. The van der Waals surface area contributed by atoms with Crippen LogP contribution in [0.25, 0.3) is 0 Å². The van der Waals surface area contributed by atoms with Crippen molar-refractivity contribution in [3.63, 3.8) is 0 Å². The van der Waals surface area contributed by atoms with Gasteiger partial charge in [-0.3, -0.25) is 19.7 Å². The number of amides is 4. The van der Waals surface area contributed by atoms with Gasteiger partial charge in [-0.2, -0.15) is 0 Å². The number of rotatable bonds is 6. The summed E-state index contributed by atoms with van der Waals surface area (Å²) in [4.78, 5) is 51.3. The fourth-order valence-corrected chi connectivity index (χ4v) is 4.23. The van der Waals surface area contributed by atoms with Crippen LogP contribution < -0.4 is 15.5 Å². The number of carbonyl (C=O) groups is 4. The molecule has 4 amide bonds. The number of nitrogens with one attached hydrogen (secondary N) is 2. The van der Waals surface area contributed by atoms with E-state index in [9.17, 15) is 19.2 Å². The molecule has 8 nitrogen and oxygen atoms in total. The predicted octanol–water partition coefficient (Wildman–Crippen LogP) is 2.54. The first-order valence-corrected chi connectivity index (χ1v) is 10.4. The zero-order valence-corrected chi connectivity index (χ0v) is 17.5. The van der Waals surface area contributed by atoms with Gasteiger partial charge < -0.3 is 15.0 Å². The molecule has 158 valence electrons. The summed E-state index contributed by atoms with van der Waals surface area (Å²) >= 11 is 1.45. The molecule has 0 aliphatic carbocycles. The Morgan fingerprint density at radius 3 is 2.57 bits per heavy atom. The summed E-state index contributed by atoms with van der Waals surface area (Å²) in [7, 11) is 0. The van der Waals surface area contributed by atoms with Crippen molar-refractivity contribution in [2.24, 2.45) is 5.92 Å². The topological polar surface area (TPSA) is 105 Å². The van der Waals surface area contributed by atoms with Gasteiger partial charge in [-0.25, -0.2) is 4.79 Å². The number of imide groups is 1. The minimum atomic E-state index is -0.755. The molecule has 0 spiro atoms. The molecule has 1 aliphatic heterocycles. The van der Waals surface area contributed by atoms with E-state index in [4.69, 9.17) is 4.74 Å². The molecule has 1 aliphatic rings.